The number of benzene rings is 1. The van der Waals surface area contributed by atoms with Gasteiger partial charge in [-0.25, -0.2) is 9.97 Å². The van der Waals surface area contributed by atoms with Crippen molar-refractivity contribution >= 4 is 40.4 Å². The van der Waals surface area contributed by atoms with E-state index < -0.39 is 5.91 Å². The zero-order chi connectivity index (χ0) is 22.5. The van der Waals surface area contributed by atoms with Crippen LogP contribution in [0.3, 0.4) is 0 Å². The number of halogens is 1. The van der Waals surface area contributed by atoms with Gasteiger partial charge in [0.05, 0.1) is 17.7 Å². The second-order valence-electron chi connectivity index (χ2n) is 7.17. The van der Waals surface area contributed by atoms with Gasteiger partial charge in [0.1, 0.15) is 29.4 Å². The second-order valence-corrected chi connectivity index (χ2v) is 7.60. The highest BCUT2D eigenvalue weighted by atomic mass is 35.5. The van der Waals surface area contributed by atoms with Crippen molar-refractivity contribution in [1.82, 2.24) is 19.9 Å². The van der Waals surface area contributed by atoms with Crippen LogP contribution in [0.1, 0.15) is 19.5 Å². The van der Waals surface area contributed by atoms with E-state index in [2.05, 4.69) is 15.3 Å². The molecule has 0 unspecified atom stereocenters. The molecule has 0 aliphatic rings. The quantitative estimate of drug-likeness (QED) is 0.431. The molecular formula is C22H23ClN6O2. The Labute approximate surface area is 185 Å². The fraction of sp³-hybridized carbons (Fsp3) is 0.273. The molecule has 0 saturated heterocycles. The lowest BCUT2D eigenvalue weighted by Gasteiger charge is -2.11. The summed E-state index contributed by atoms with van der Waals surface area (Å²) < 4.78 is 7.14. The number of nitrogen functional groups attached to an aromatic ring is 1. The average Bonchev–Trinajstić information content (AvgIpc) is 3.04. The van der Waals surface area contributed by atoms with Crippen LogP contribution in [0.2, 0.25) is 5.02 Å². The van der Waals surface area contributed by atoms with E-state index in [0.717, 1.165) is 5.56 Å². The minimum atomic E-state index is -0.456. The van der Waals surface area contributed by atoms with Crippen molar-refractivity contribution in [3.8, 4) is 17.2 Å². The fourth-order valence-electron chi connectivity index (χ4n) is 3.30. The van der Waals surface area contributed by atoms with Gasteiger partial charge in [-0.3, -0.25) is 4.79 Å². The van der Waals surface area contributed by atoms with Crippen LogP contribution in [0.5, 0.6) is 0 Å². The topological polar surface area (TPSA) is 119 Å². The summed E-state index contributed by atoms with van der Waals surface area (Å²) in [5.41, 5.74) is 8.92. The van der Waals surface area contributed by atoms with E-state index in [1.54, 1.807) is 25.3 Å². The molecule has 0 atom stereocenters. The number of hydrogen-bond donors (Lipinski definition) is 2. The lowest BCUT2D eigenvalue weighted by molar-refractivity contribution is -0.117. The smallest absolute Gasteiger partial charge is 0.262 e. The van der Waals surface area contributed by atoms with Crippen LogP contribution < -0.4 is 11.1 Å². The number of carbonyl (C=O) groups excluding carboxylic acids is 1. The molecule has 0 fully saturated rings. The Morgan fingerprint density at radius 3 is 2.68 bits per heavy atom. The Balaban J connectivity index is 2.36. The van der Waals surface area contributed by atoms with Gasteiger partial charge in [0.2, 0.25) is 0 Å². The normalized spacial score (nSPS) is 11.7. The van der Waals surface area contributed by atoms with Crippen LogP contribution in [0.4, 0.5) is 5.82 Å². The van der Waals surface area contributed by atoms with Gasteiger partial charge in [0.15, 0.2) is 0 Å². The summed E-state index contributed by atoms with van der Waals surface area (Å²) in [6.45, 7) is 4.50. The molecule has 1 aromatic carbocycles. The number of fused-ring (bicyclic) bond motifs is 1. The van der Waals surface area contributed by atoms with Crippen molar-refractivity contribution in [2.45, 2.75) is 26.4 Å². The number of nitrogens with zero attached hydrogens (tertiary/aromatic N) is 4. The number of nitrogens with two attached hydrogens (primary N) is 1. The van der Waals surface area contributed by atoms with Crippen LogP contribution >= 0.6 is 11.6 Å². The summed E-state index contributed by atoms with van der Waals surface area (Å²) in [5, 5.41) is 13.7. The molecule has 0 aliphatic heterocycles. The monoisotopic (exact) mass is 438 g/mol. The van der Waals surface area contributed by atoms with Gasteiger partial charge in [-0.2, -0.15) is 5.26 Å². The van der Waals surface area contributed by atoms with E-state index >= 15 is 0 Å². The van der Waals surface area contributed by atoms with Gasteiger partial charge in [-0.1, -0.05) is 23.7 Å². The highest BCUT2D eigenvalue weighted by Gasteiger charge is 2.22. The summed E-state index contributed by atoms with van der Waals surface area (Å²) in [6.07, 6.45) is 2.94. The molecule has 0 aliphatic carbocycles. The number of nitrogens with one attached hydrogen (secondary N) is 1. The fourth-order valence-corrected chi connectivity index (χ4v) is 3.43. The molecule has 0 bridgehead atoms. The third-order valence-electron chi connectivity index (χ3n) is 4.63. The first-order chi connectivity index (χ1) is 14.9. The molecule has 2 heterocycles. The summed E-state index contributed by atoms with van der Waals surface area (Å²) in [6, 6.07) is 9.12. The maximum atomic E-state index is 12.6. The van der Waals surface area contributed by atoms with E-state index in [0.29, 0.717) is 46.3 Å². The van der Waals surface area contributed by atoms with E-state index in [1.807, 2.05) is 36.6 Å². The number of anilines is 1. The van der Waals surface area contributed by atoms with Gasteiger partial charge >= 0.3 is 0 Å². The molecule has 8 nitrogen and oxygen atoms in total. The molecule has 2 aromatic heterocycles. The maximum absolute atomic E-state index is 12.6. The summed E-state index contributed by atoms with van der Waals surface area (Å²) in [5.74, 6) is -0.159. The number of rotatable bonds is 7. The van der Waals surface area contributed by atoms with Gasteiger partial charge in [-0.15, -0.1) is 0 Å². The number of carbonyl (C=O) groups is 1. The minimum Gasteiger partial charge on any atom is -0.383 e. The largest absolute Gasteiger partial charge is 0.383 e. The number of methoxy groups -OCH3 is 1. The van der Waals surface area contributed by atoms with Crippen LogP contribution in [0.25, 0.3) is 28.2 Å². The first kappa shape index (κ1) is 22.3. The maximum Gasteiger partial charge on any atom is 0.262 e. The zero-order valence-electron chi connectivity index (χ0n) is 17.5. The molecule has 0 spiro atoms. The van der Waals surface area contributed by atoms with Crippen molar-refractivity contribution in [2.75, 3.05) is 19.5 Å². The first-order valence-electron chi connectivity index (χ1n) is 9.67. The Morgan fingerprint density at radius 1 is 1.35 bits per heavy atom. The van der Waals surface area contributed by atoms with Crippen molar-refractivity contribution in [2.24, 2.45) is 0 Å². The minimum absolute atomic E-state index is 0.0306. The molecule has 3 aromatic rings. The molecule has 3 rings (SSSR count). The number of hydrogen-bond acceptors (Lipinski definition) is 6. The number of aromatic nitrogens is 3. The zero-order valence-corrected chi connectivity index (χ0v) is 18.3. The molecule has 31 heavy (non-hydrogen) atoms. The van der Waals surface area contributed by atoms with Crippen LogP contribution in [-0.2, 0) is 16.1 Å². The summed E-state index contributed by atoms with van der Waals surface area (Å²) >= 11 is 6.08. The number of nitriles is 1. The van der Waals surface area contributed by atoms with Crippen molar-refractivity contribution < 1.29 is 9.53 Å². The van der Waals surface area contributed by atoms with Crippen molar-refractivity contribution in [3.05, 3.63) is 46.9 Å². The molecule has 0 saturated carbocycles. The van der Waals surface area contributed by atoms with E-state index in [1.165, 1.54) is 6.33 Å². The summed E-state index contributed by atoms with van der Waals surface area (Å²) in [4.78, 5) is 21.2. The number of ether oxygens (including phenoxy) is 1. The predicted octanol–water partition coefficient (Wildman–Crippen LogP) is 3.41. The van der Waals surface area contributed by atoms with E-state index in [4.69, 9.17) is 22.1 Å². The Morgan fingerprint density at radius 2 is 2.06 bits per heavy atom. The van der Waals surface area contributed by atoms with E-state index in [9.17, 15) is 10.1 Å². The van der Waals surface area contributed by atoms with Crippen LogP contribution in [0.15, 0.2) is 36.2 Å². The van der Waals surface area contributed by atoms with E-state index in [-0.39, 0.29) is 11.6 Å². The highest BCUT2D eigenvalue weighted by molar-refractivity contribution is 6.30. The van der Waals surface area contributed by atoms with Gasteiger partial charge in [0.25, 0.3) is 5.91 Å². The second kappa shape index (κ2) is 9.60. The standard InChI is InChI=1S/C22H23ClN6O2/c1-13(2)28-22(30)15(11-24)10-17-18(14-4-6-16(23)7-5-14)19-20(25)26-12-27-21(19)29(17)8-9-31-3/h4-7,10,12-13H,8-9H2,1-3H3,(H,28,30)(H2,25,26,27)/b15-10+. The lowest BCUT2D eigenvalue weighted by Crippen LogP contribution is -2.31. The Bertz CT molecular complexity index is 1180. The summed E-state index contributed by atoms with van der Waals surface area (Å²) in [7, 11) is 1.60. The van der Waals surface area contributed by atoms with Gasteiger partial charge < -0.3 is 20.4 Å². The van der Waals surface area contributed by atoms with Crippen LogP contribution in [-0.4, -0.2) is 40.2 Å². The third-order valence-corrected chi connectivity index (χ3v) is 4.88. The highest BCUT2D eigenvalue weighted by Crippen LogP contribution is 2.38. The van der Waals surface area contributed by atoms with Crippen molar-refractivity contribution in [3.63, 3.8) is 0 Å². The SMILES string of the molecule is COCCn1c(/C=C(\C#N)C(=O)NC(C)C)c(-c2ccc(Cl)cc2)c2c(N)ncnc21. The van der Waals surface area contributed by atoms with Crippen LogP contribution in [0, 0.1) is 11.3 Å². The third kappa shape index (κ3) is 4.68. The van der Waals surface area contributed by atoms with Gasteiger partial charge in [0, 0.05) is 30.3 Å². The Hall–Kier alpha value is -3.41. The number of amides is 1. The molecule has 0 radical (unpaired) electrons. The van der Waals surface area contributed by atoms with Gasteiger partial charge in [-0.05, 0) is 37.6 Å². The molecule has 3 N–H and O–H groups in total. The first-order valence-corrected chi connectivity index (χ1v) is 10.0. The van der Waals surface area contributed by atoms with Crippen molar-refractivity contribution in [1.29, 1.82) is 5.26 Å². The molecule has 160 valence electrons. The molecule has 9 heteroatoms. The molecule has 1 amide bonds. The average molecular weight is 439 g/mol. The Kier molecular flexibility index (Phi) is 6.90. The lowest BCUT2D eigenvalue weighted by atomic mass is 10.0. The molecular weight excluding hydrogens is 416 g/mol. The predicted molar refractivity (Wildman–Crippen MR) is 121 cm³/mol.